The maximum absolute atomic E-state index is 5.66. The summed E-state index contributed by atoms with van der Waals surface area (Å²) < 4.78 is 16.0. The molecular formula is C14H24N4O3. The lowest BCUT2D eigenvalue weighted by atomic mass is 10.2. The Labute approximate surface area is 125 Å². The van der Waals surface area contributed by atoms with E-state index in [4.69, 9.17) is 14.0 Å². The van der Waals surface area contributed by atoms with Crippen LogP contribution in [0.5, 0.6) is 0 Å². The number of hydrogen-bond donors (Lipinski definition) is 1. The minimum atomic E-state index is 0.0846. The Hall–Kier alpha value is -1.60. The lowest BCUT2D eigenvalue weighted by Gasteiger charge is -2.34. The molecule has 0 amide bonds. The summed E-state index contributed by atoms with van der Waals surface area (Å²) in [5.41, 5.74) is 1.99. The zero-order chi connectivity index (χ0) is 15.2. The summed E-state index contributed by atoms with van der Waals surface area (Å²) in [6.07, 6.45) is 0.0846. The number of methoxy groups -OCH3 is 1. The van der Waals surface area contributed by atoms with Crippen molar-refractivity contribution in [3.05, 3.63) is 17.0 Å². The molecule has 2 heterocycles. The van der Waals surface area contributed by atoms with Crippen molar-refractivity contribution < 1.29 is 14.0 Å². The van der Waals surface area contributed by atoms with Gasteiger partial charge in [-0.15, -0.1) is 0 Å². The molecule has 0 spiro atoms. The Morgan fingerprint density at radius 1 is 1.52 bits per heavy atom. The highest BCUT2D eigenvalue weighted by atomic mass is 16.5. The molecule has 1 aromatic heterocycles. The van der Waals surface area contributed by atoms with E-state index in [2.05, 4.69) is 20.4 Å². The predicted molar refractivity (Wildman–Crippen MR) is 79.4 cm³/mol. The molecule has 1 fully saturated rings. The maximum atomic E-state index is 5.66. The number of guanidine groups is 1. The van der Waals surface area contributed by atoms with Crippen molar-refractivity contribution in [3.63, 3.8) is 0 Å². The van der Waals surface area contributed by atoms with E-state index in [-0.39, 0.29) is 6.10 Å². The summed E-state index contributed by atoms with van der Waals surface area (Å²) in [6, 6.07) is 0. The van der Waals surface area contributed by atoms with Crippen LogP contribution < -0.4 is 5.32 Å². The molecule has 1 unspecified atom stereocenters. The second-order valence-corrected chi connectivity index (χ2v) is 5.10. The van der Waals surface area contributed by atoms with Crippen molar-refractivity contribution in [2.24, 2.45) is 4.99 Å². The van der Waals surface area contributed by atoms with Crippen LogP contribution in [0.25, 0.3) is 0 Å². The van der Waals surface area contributed by atoms with Gasteiger partial charge in [-0.3, -0.25) is 4.99 Å². The minimum absolute atomic E-state index is 0.0846. The molecule has 0 radical (unpaired) electrons. The van der Waals surface area contributed by atoms with Gasteiger partial charge < -0.3 is 24.2 Å². The number of rotatable bonds is 4. The van der Waals surface area contributed by atoms with Crippen LogP contribution >= 0.6 is 0 Å². The van der Waals surface area contributed by atoms with Gasteiger partial charge in [0.15, 0.2) is 5.96 Å². The fraction of sp³-hybridized carbons (Fsp3) is 0.714. The molecule has 21 heavy (non-hydrogen) atoms. The van der Waals surface area contributed by atoms with Crippen molar-refractivity contribution in [2.75, 3.05) is 40.5 Å². The van der Waals surface area contributed by atoms with Gasteiger partial charge in [0.25, 0.3) is 0 Å². The van der Waals surface area contributed by atoms with Crippen LogP contribution in [0.4, 0.5) is 0 Å². The highest BCUT2D eigenvalue weighted by molar-refractivity contribution is 5.80. The molecule has 1 aromatic rings. The molecule has 2 rings (SSSR count). The Morgan fingerprint density at radius 3 is 2.95 bits per heavy atom. The quantitative estimate of drug-likeness (QED) is 0.652. The minimum Gasteiger partial charge on any atom is -0.382 e. The number of aryl methyl sites for hydroxylation is 2. The van der Waals surface area contributed by atoms with Gasteiger partial charge in [-0.05, 0) is 13.8 Å². The fourth-order valence-electron chi connectivity index (χ4n) is 2.45. The van der Waals surface area contributed by atoms with Crippen molar-refractivity contribution >= 4 is 5.96 Å². The van der Waals surface area contributed by atoms with E-state index in [1.807, 2.05) is 13.8 Å². The third-order valence-electron chi connectivity index (χ3n) is 3.61. The number of morpholine rings is 1. The van der Waals surface area contributed by atoms with Crippen LogP contribution in [0.2, 0.25) is 0 Å². The SMILES string of the molecule is CN=C(NCc1c(C)noc1C)N1CCOC(COC)C1. The molecule has 7 nitrogen and oxygen atoms in total. The lowest BCUT2D eigenvalue weighted by molar-refractivity contribution is -0.0447. The van der Waals surface area contributed by atoms with Crippen molar-refractivity contribution in [3.8, 4) is 0 Å². The van der Waals surface area contributed by atoms with Crippen LogP contribution in [0.1, 0.15) is 17.0 Å². The molecule has 0 bridgehead atoms. The van der Waals surface area contributed by atoms with Gasteiger partial charge in [0, 0.05) is 39.4 Å². The lowest BCUT2D eigenvalue weighted by Crippen LogP contribution is -2.51. The number of aromatic nitrogens is 1. The molecule has 0 aromatic carbocycles. The molecule has 7 heteroatoms. The average molecular weight is 296 g/mol. The second-order valence-electron chi connectivity index (χ2n) is 5.10. The van der Waals surface area contributed by atoms with Gasteiger partial charge >= 0.3 is 0 Å². The normalized spacial score (nSPS) is 19.9. The summed E-state index contributed by atoms with van der Waals surface area (Å²) in [5, 5.41) is 7.33. The second kappa shape index (κ2) is 7.42. The predicted octanol–water partition coefficient (Wildman–Crippen LogP) is 0.714. The molecule has 1 N–H and O–H groups in total. The Morgan fingerprint density at radius 2 is 2.33 bits per heavy atom. The van der Waals surface area contributed by atoms with Crippen LogP contribution in [0.15, 0.2) is 9.52 Å². The first-order chi connectivity index (χ1) is 10.2. The van der Waals surface area contributed by atoms with Gasteiger partial charge in [0.05, 0.1) is 25.0 Å². The molecule has 118 valence electrons. The number of aliphatic imine (C=N–C) groups is 1. The highest BCUT2D eigenvalue weighted by Crippen LogP contribution is 2.12. The summed E-state index contributed by atoms with van der Waals surface area (Å²) in [6.45, 7) is 7.39. The maximum Gasteiger partial charge on any atom is 0.194 e. The Bertz CT molecular complexity index is 465. The molecule has 1 saturated heterocycles. The van der Waals surface area contributed by atoms with Gasteiger partial charge in [-0.25, -0.2) is 0 Å². The summed E-state index contributed by atoms with van der Waals surface area (Å²) in [4.78, 5) is 6.54. The summed E-state index contributed by atoms with van der Waals surface area (Å²) >= 11 is 0. The molecule has 1 aliphatic heterocycles. The number of nitrogens with zero attached hydrogens (tertiary/aromatic N) is 3. The standard InChI is InChI=1S/C14H24N4O3/c1-10-13(11(2)21-17-10)7-16-14(15-3)18-5-6-20-12(8-18)9-19-4/h12H,5-9H2,1-4H3,(H,15,16). The molecule has 1 aliphatic rings. The summed E-state index contributed by atoms with van der Waals surface area (Å²) in [5.74, 6) is 1.70. The first-order valence-corrected chi connectivity index (χ1v) is 7.13. The van der Waals surface area contributed by atoms with Gasteiger partial charge in [-0.2, -0.15) is 0 Å². The molecular weight excluding hydrogens is 272 g/mol. The number of nitrogens with one attached hydrogen (secondary N) is 1. The first kappa shape index (κ1) is 15.8. The largest absolute Gasteiger partial charge is 0.382 e. The van der Waals surface area contributed by atoms with E-state index in [0.717, 1.165) is 36.1 Å². The molecule has 1 atom stereocenters. The molecule has 0 aliphatic carbocycles. The smallest absolute Gasteiger partial charge is 0.194 e. The van der Waals surface area contributed by atoms with E-state index in [0.29, 0.717) is 19.8 Å². The fourth-order valence-corrected chi connectivity index (χ4v) is 2.45. The summed E-state index contributed by atoms with van der Waals surface area (Å²) in [7, 11) is 3.48. The van der Waals surface area contributed by atoms with E-state index in [1.54, 1.807) is 14.2 Å². The third kappa shape index (κ3) is 3.95. The third-order valence-corrected chi connectivity index (χ3v) is 3.61. The topological polar surface area (TPSA) is 72.1 Å². The van der Waals surface area contributed by atoms with Crippen LogP contribution in [0, 0.1) is 13.8 Å². The van der Waals surface area contributed by atoms with E-state index < -0.39 is 0 Å². The average Bonchev–Trinajstić information content (AvgIpc) is 2.80. The zero-order valence-corrected chi connectivity index (χ0v) is 13.2. The van der Waals surface area contributed by atoms with E-state index in [9.17, 15) is 0 Å². The monoisotopic (exact) mass is 296 g/mol. The van der Waals surface area contributed by atoms with Crippen molar-refractivity contribution in [1.29, 1.82) is 0 Å². The van der Waals surface area contributed by atoms with Gasteiger partial charge in [0.1, 0.15) is 5.76 Å². The Kier molecular flexibility index (Phi) is 5.58. The van der Waals surface area contributed by atoms with Gasteiger partial charge in [-0.1, -0.05) is 5.16 Å². The zero-order valence-electron chi connectivity index (χ0n) is 13.2. The van der Waals surface area contributed by atoms with Gasteiger partial charge in [0.2, 0.25) is 0 Å². The first-order valence-electron chi connectivity index (χ1n) is 7.13. The van der Waals surface area contributed by atoms with Crippen LogP contribution in [-0.2, 0) is 16.0 Å². The number of hydrogen-bond acceptors (Lipinski definition) is 5. The van der Waals surface area contributed by atoms with Crippen molar-refractivity contribution in [1.82, 2.24) is 15.4 Å². The van der Waals surface area contributed by atoms with E-state index >= 15 is 0 Å². The number of ether oxygens (including phenoxy) is 2. The Balaban J connectivity index is 1.94. The van der Waals surface area contributed by atoms with E-state index in [1.165, 1.54) is 0 Å². The van der Waals surface area contributed by atoms with Crippen LogP contribution in [-0.4, -0.2) is 62.6 Å². The van der Waals surface area contributed by atoms with Crippen molar-refractivity contribution in [2.45, 2.75) is 26.5 Å². The highest BCUT2D eigenvalue weighted by Gasteiger charge is 2.23. The van der Waals surface area contributed by atoms with Crippen LogP contribution in [0.3, 0.4) is 0 Å². The molecule has 0 saturated carbocycles.